The van der Waals surface area contributed by atoms with Crippen LogP contribution in [-0.4, -0.2) is 10.9 Å². The quantitative estimate of drug-likeness (QED) is 0.770. The number of nitrogens with zero attached hydrogens (tertiary/aromatic N) is 1. The van der Waals surface area contributed by atoms with Gasteiger partial charge in [-0.25, -0.2) is 0 Å². The number of nitrogen functional groups attached to an aromatic ring is 1. The van der Waals surface area contributed by atoms with Crippen molar-refractivity contribution in [1.29, 1.82) is 0 Å². The molecule has 0 aliphatic carbocycles. The van der Waals surface area contributed by atoms with Crippen LogP contribution < -0.4 is 5.73 Å². The molecule has 1 aliphatic heterocycles. The minimum absolute atomic E-state index is 0.753. The molecule has 1 aromatic rings. The number of nitrogens with two attached hydrogens (primary N) is 1. The Morgan fingerprint density at radius 2 is 1.89 bits per heavy atom. The minimum atomic E-state index is 0.753. The van der Waals surface area contributed by atoms with Gasteiger partial charge in [0.25, 0.3) is 0 Å². The summed E-state index contributed by atoms with van der Waals surface area (Å²) in [6, 6.07) is 7.14. The fourth-order valence-corrected chi connectivity index (χ4v) is 2.98. The molecule has 0 bridgehead atoms. The van der Waals surface area contributed by atoms with E-state index in [2.05, 4.69) is 30.9 Å². The van der Waals surface area contributed by atoms with Crippen LogP contribution in [0.25, 0.3) is 0 Å². The highest BCUT2D eigenvalue weighted by Crippen LogP contribution is 2.29. The van der Waals surface area contributed by atoms with Gasteiger partial charge in [0.2, 0.25) is 0 Å². The fourth-order valence-electron chi connectivity index (χ4n) is 2.98. The van der Waals surface area contributed by atoms with E-state index < -0.39 is 0 Å². The van der Waals surface area contributed by atoms with Gasteiger partial charge in [0.05, 0.1) is 0 Å². The number of fused-ring (bicyclic) bond motifs is 1. The van der Waals surface area contributed by atoms with Crippen LogP contribution in [-0.2, 0) is 13.1 Å². The Labute approximate surface area is 111 Å². The summed E-state index contributed by atoms with van der Waals surface area (Å²) in [6.45, 7) is 6.78. The molecule has 0 fully saturated rings. The van der Waals surface area contributed by atoms with Gasteiger partial charge in [-0.15, -0.1) is 0 Å². The van der Waals surface area contributed by atoms with E-state index in [1.165, 1.54) is 43.2 Å². The van der Waals surface area contributed by atoms with Crippen LogP contribution in [0.2, 0.25) is 0 Å². The lowest BCUT2D eigenvalue weighted by molar-refractivity contribution is 0.175. The largest absolute Gasteiger partial charge is 0.399 e. The lowest BCUT2D eigenvalue weighted by Gasteiger charge is -2.27. The standard InChI is InChI=1S/C16H26N2/c1-3-5-7-16(6-4-2)18-11-13-8-9-15(17)10-14(13)12-18/h8-10,16H,3-7,11-12,17H2,1-2H3. The second-order valence-corrected chi connectivity index (χ2v) is 5.52. The highest BCUT2D eigenvalue weighted by molar-refractivity contribution is 5.46. The molecule has 2 rings (SSSR count). The predicted molar refractivity (Wildman–Crippen MR) is 78.3 cm³/mol. The van der Waals surface area contributed by atoms with Crippen LogP contribution in [0.3, 0.4) is 0 Å². The normalized spacial score (nSPS) is 16.8. The SMILES string of the molecule is CCCCC(CCC)N1Cc2ccc(N)cc2C1. The number of anilines is 1. The summed E-state index contributed by atoms with van der Waals surface area (Å²) in [4.78, 5) is 2.64. The van der Waals surface area contributed by atoms with Gasteiger partial charge < -0.3 is 5.73 Å². The Bertz CT molecular complexity index is 387. The summed E-state index contributed by atoms with van der Waals surface area (Å²) >= 11 is 0. The molecular weight excluding hydrogens is 220 g/mol. The summed E-state index contributed by atoms with van der Waals surface area (Å²) in [5.41, 5.74) is 9.68. The minimum Gasteiger partial charge on any atom is -0.399 e. The number of hydrogen-bond acceptors (Lipinski definition) is 2. The zero-order chi connectivity index (χ0) is 13.0. The molecule has 1 unspecified atom stereocenters. The molecule has 2 N–H and O–H groups in total. The van der Waals surface area contributed by atoms with E-state index in [0.29, 0.717) is 0 Å². The van der Waals surface area contributed by atoms with E-state index in [1.807, 2.05) is 6.07 Å². The summed E-state index contributed by atoms with van der Waals surface area (Å²) in [5, 5.41) is 0. The van der Waals surface area contributed by atoms with E-state index in [-0.39, 0.29) is 0 Å². The first-order valence-electron chi connectivity index (χ1n) is 7.36. The molecule has 100 valence electrons. The maximum Gasteiger partial charge on any atom is 0.0317 e. The number of hydrogen-bond donors (Lipinski definition) is 1. The van der Waals surface area contributed by atoms with Crippen molar-refractivity contribution in [2.24, 2.45) is 0 Å². The number of benzene rings is 1. The molecule has 0 aromatic heterocycles. The van der Waals surface area contributed by atoms with Gasteiger partial charge in [0.1, 0.15) is 0 Å². The Morgan fingerprint density at radius 1 is 1.11 bits per heavy atom. The summed E-state index contributed by atoms with van der Waals surface area (Å²) < 4.78 is 0. The van der Waals surface area contributed by atoms with Crippen molar-refractivity contribution in [3.63, 3.8) is 0 Å². The molecule has 0 spiro atoms. The molecule has 1 atom stereocenters. The van der Waals surface area contributed by atoms with Crippen LogP contribution in [0.15, 0.2) is 18.2 Å². The average Bonchev–Trinajstić information content (AvgIpc) is 2.77. The third-order valence-corrected chi connectivity index (χ3v) is 4.01. The molecule has 1 aromatic carbocycles. The highest BCUT2D eigenvalue weighted by atomic mass is 15.2. The van der Waals surface area contributed by atoms with Crippen molar-refractivity contribution >= 4 is 5.69 Å². The first-order chi connectivity index (χ1) is 8.74. The van der Waals surface area contributed by atoms with Gasteiger partial charge >= 0.3 is 0 Å². The van der Waals surface area contributed by atoms with Crippen molar-refractivity contribution < 1.29 is 0 Å². The molecule has 0 radical (unpaired) electrons. The van der Waals surface area contributed by atoms with Crippen LogP contribution in [0.1, 0.15) is 57.1 Å². The Morgan fingerprint density at radius 3 is 2.61 bits per heavy atom. The van der Waals surface area contributed by atoms with E-state index in [4.69, 9.17) is 5.73 Å². The van der Waals surface area contributed by atoms with Crippen molar-refractivity contribution in [3.8, 4) is 0 Å². The van der Waals surface area contributed by atoms with E-state index in [9.17, 15) is 0 Å². The van der Waals surface area contributed by atoms with Crippen LogP contribution in [0.4, 0.5) is 5.69 Å². The molecule has 2 nitrogen and oxygen atoms in total. The Kier molecular flexibility index (Phi) is 4.65. The first kappa shape index (κ1) is 13.4. The third-order valence-electron chi connectivity index (χ3n) is 4.01. The van der Waals surface area contributed by atoms with E-state index >= 15 is 0 Å². The van der Waals surface area contributed by atoms with Gasteiger partial charge in [-0.1, -0.05) is 39.2 Å². The topological polar surface area (TPSA) is 29.3 Å². The zero-order valence-corrected chi connectivity index (χ0v) is 11.8. The van der Waals surface area contributed by atoms with Crippen molar-refractivity contribution in [2.45, 2.75) is 65.1 Å². The molecule has 0 saturated heterocycles. The average molecular weight is 246 g/mol. The summed E-state index contributed by atoms with van der Waals surface area (Å²) in [6.07, 6.45) is 6.59. The lowest BCUT2D eigenvalue weighted by atomic mass is 10.0. The first-order valence-corrected chi connectivity index (χ1v) is 7.36. The second kappa shape index (κ2) is 6.24. The van der Waals surface area contributed by atoms with Gasteiger partial charge in [0, 0.05) is 24.8 Å². The molecule has 1 heterocycles. The Hall–Kier alpha value is -1.02. The van der Waals surface area contributed by atoms with Crippen molar-refractivity contribution in [3.05, 3.63) is 29.3 Å². The van der Waals surface area contributed by atoms with Gasteiger partial charge in [0.15, 0.2) is 0 Å². The third kappa shape index (κ3) is 3.05. The lowest BCUT2D eigenvalue weighted by Crippen LogP contribution is -2.30. The maximum atomic E-state index is 5.87. The molecular formula is C16H26N2. The van der Waals surface area contributed by atoms with Crippen LogP contribution in [0.5, 0.6) is 0 Å². The van der Waals surface area contributed by atoms with Gasteiger partial charge in [-0.2, -0.15) is 0 Å². The molecule has 18 heavy (non-hydrogen) atoms. The van der Waals surface area contributed by atoms with Crippen molar-refractivity contribution in [1.82, 2.24) is 4.90 Å². The van der Waals surface area contributed by atoms with Gasteiger partial charge in [-0.3, -0.25) is 4.90 Å². The molecule has 0 amide bonds. The van der Waals surface area contributed by atoms with Gasteiger partial charge in [-0.05, 0) is 36.1 Å². The fraction of sp³-hybridized carbons (Fsp3) is 0.625. The predicted octanol–water partition coefficient (Wildman–Crippen LogP) is 3.94. The smallest absolute Gasteiger partial charge is 0.0317 e. The zero-order valence-electron chi connectivity index (χ0n) is 11.8. The highest BCUT2D eigenvalue weighted by Gasteiger charge is 2.24. The number of rotatable bonds is 6. The van der Waals surface area contributed by atoms with E-state index in [0.717, 1.165) is 24.8 Å². The summed E-state index contributed by atoms with van der Waals surface area (Å²) in [7, 11) is 0. The second-order valence-electron chi connectivity index (χ2n) is 5.52. The Balaban J connectivity index is 2.02. The molecule has 0 saturated carbocycles. The van der Waals surface area contributed by atoms with Crippen LogP contribution in [0, 0.1) is 0 Å². The summed E-state index contributed by atoms with van der Waals surface area (Å²) in [5.74, 6) is 0. The molecule has 2 heteroatoms. The monoisotopic (exact) mass is 246 g/mol. The maximum absolute atomic E-state index is 5.87. The van der Waals surface area contributed by atoms with Crippen molar-refractivity contribution in [2.75, 3.05) is 5.73 Å². The molecule has 1 aliphatic rings. The van der Waals surface area contributed by atoms with Crippen LogP contribution >= 0.6 is 0 Å². The number of unbranched alkanes of at least 4 members (excludes halogenated alkanes) is 1. The van der Waals surface area contributed by atoms with E-state index in [1.54, 1.807) is 0 Å².